The first kappa shape index (κ1) is 11.6. The molecular weight excluding hydrogens is 241 g/mol. The van der Waals surface area contributed by atoms with Crippen molar-refractivity contribution in [2.75, 3.05) is 12.3 Å². The molecule has 86 valence electrons. The van der Waals surface area contributed by atoms with Crippen molar-refractivity contribution < 1.29 is 9.13 Å². The number of benzene rings is 1. The smallest absolute Gasteiger partial charge is 0.173 e. The lowest BCUT2D eigenvalue weighted by molar-refractivity contribution is 0.355. The number of nitrogen functional groups attached to an aromatic ring is 1. The van der Waals surface area contributed by atoms with Gasteiger partial charge in [-0.25, -0.2) is 0 Å². The van der Waals surface area contributed by atoms with Gasteiger partial charge in [0.1, 0.15) is 12.4 Å². The fourth-order valence-corrected chi connectivity index (χ4v) is 1.56. The zero-order valence-electron chi connectivity index (χ0n) is 8.84. The maximum absolute atomic E-state index is 12.8. The predicted molar refractivity (Wildman–Crippen MR) is 65.7 cm³/mol. The van der Waals surface area contributed by atoms with E-state index in [1.54, 1.807) is 24.3 Å². The molecule has 2 nitrogen and oxygen atoms in total. The fraction of sp³-hybridized carbons (Fsp3) is 0.0769. The lowest BCUT2D eigenvalue weighted by Crippen LogP contribution is -2.01. The number of ether oxygens (including phenoxy) is 1. The Bertz CT molecular complexity index is 579. The molecule has 0 heterocycles. The third-order valence-electron chi connectivity index (χ3n) is 2.11. The summed E-state index contributed by atoms with van der Waals surface area (Å²) in [7, 11) is 0. The first-order valence-corrected chi connectivity index (χ1v) is 5.28. The Morgan fingerprint density at radius 2 is 2.24 bits per heavy atom. The summed E-state index contributed by atoms with van der Waals surface area (Å²) in [5, 5.41) is 0.428. The molecule has 0 saturated heterocycles. The van der Waals surface area contributed by atoms with Gasteiger partial charge in [-0.3, -0.25) is 0 Å². The number of nitrogens with two attached hydrogens (primary N) is 1. The van der Waals surface area contributed by atoms with Crippen LogP contribution in [0.15, 0.2) is 53.2 Å². The van der Waals surface area contributed by atoms with Gasteiger partial charge in [-0.05, 0) is 36.1 Å². The van der Waals surface area contributed by atoms with Crippen LogP contribution in [0.5, 0.6) is 5.75 Å². The van der Waals surface area contributed by atoms with Crippen LogP contribution in [0.2, 0.25) is 5.02 Å². The van der Waals surface area contributed by atoms with Crippen LogP contribution < -0.4 is 10.5 Å². The largest absolute Gasteiger partial charge is 0.487 e. The molecule has 17 heavy (non-hydrogen) atoms. The second-order valence-electron chi connectivity index (χ2n) is 3.46. The molecule has 1 aromatic carbocycles. The van der Waals surface area contributed by atoms with Crippen molar-refractivity contribution in [2.45, 2.75) is 0 Å². The first-order chi connectivity index (χ1) is 8.15. The van der Waals surface area contributed by atoms with Crippen molar-refractivity contribution in [3.63, 3.8) is 0 Å². The van der Waals surface area contributed by atoms with Crippen LogP contribution in [-0.4, -0.2) is 6.61 Å². The summed E-state index contributed by atoms with van der Waals surface area (Å²) >= 11 is 5.93. The van der Waals surface area contributed by atoms with Gasteiger partial charge in [-0.15, -0.1) is 0 Å². The predicted octanol–water partition coefficient (Wildman–Crippen LogP) is 3.40. The minimum atomic E-state index is -0.463. The minimum Gasteiger partial charge on any atom is -0.487 e. The highest BCUT2D eigenvalue weighted by Crippen LogP contribution is 2.26. The van der Waals surface area contributed by atoms with Gasteiger partial charge in [0.2, 0.25) is 0 Å². The topological polar surface area (TPSA) is 35.2 Å². The minimum absolute atomic E-state index is 0.214. The van der Waals surface area contributed by atoms with Crippen LogP contribution in [0.1, 0.15) is 0 Å². The first-order valence-electron chi connectivity index (χ1n) is 4.91. The summed E-state index contributed by atoms with van der Waals surface area (Å²) < 4.78 is 18.3. The fourth-order valence-electron chi connectivity index (χ4n) is 1.32. The molecule has 2 rings (SSSR count). The molecule has 0 saturated carbocycles. The molecule has 2 N–H and O–H groups in total. The Labute approximate surface area is 103 Å². The summed E-state index contributed by atoms with van der Waals surface area (Å²) in [4.78, 5) is 0. The van der Waals surface area contributed by atoms with Crippen molar-refractivity contribution in [1.82, 2.24) is 0 Å². The summed E-state index contributed by atoms with van der Waals surface area (Å²) in [5.41, 5.74) is 11.6. The highest BCUT2D eigenvalue weighted by atomic mass is 35.5. The molecule has 0 radical (unpaired) electrons. The molecule has 0 aromatic heterocycles. The number of halogens is 2. The lowest BCUT2D eigenvalue weighted by Gasteiger charge is -2.09. The molecule has 1 aliphatic rings. The third-order valence-corrected chi connectivity index (χ3v) is 2.41. The molecule has 0 fully saturated rings. The Balaban J connectivity index is 2.04. The Kier molecular flexibility index (Phi) is 3.36. The van der Waals surface area contributed by atoms with E-state index in [9.17, 15) is 4.39 Å². The van der Waals surface area contributed by atoms with Crippen molar-refractivity contribution >= 4 is 17.3 Å². The van der Waals surface area contributed by atoms with E-state index >= 15 is 0 Å². The second-order valence-corrected chi connectivity index (χ2v) is 3.87. The average Bonchev–Trinajstić information content (AvgIpc) is 2.28. The second kappa shape index (κ2) is 4.94. The van der Waals surface area contributed by atoms with Gasteiger partial charge in [-0.1, -0.05) is 17.3 Å². The molecule has 0 aliphatic heterocycles. The van der Waals surface area contributed by atoms with Crippen LogP contribution in [0.25, 0.3) is 0 Å². The normalized spacial score (nSPS) is 13.3. The number of hydrogen-bond donors (Lipinski definition) is 1. The van der Waals surface area contributed by atoms with Crippen molar-refractivity contribution in [1.29, 1.82) is 0 Å². The summed E-state index contributed by atoms with van der Waals surface area (Å²) in [5.74, 6) is 0.0450. The summed E-state index contributed by atoms with van der Waals surface area (Å²) in [6, 6.07) is 4.96. The molecule has 1 aromatic rings. The molecule has 1 aliphatic carbocycles. The van der Waals surface area contributed by atoms with Crippen LogP contribution >= 0.6 is 11.6 Å². The van der Waals surface area contributed by atoms with Gasteiger partial charge in [0.25, 0.3) is 0 Å². The van der Waals surface area contributed by atoms with Gasteiger partial charge >= 0.3 is 0 Å². The highest BCUT2D eigenvalue weighted by molar-refractivity contribution is 6.32. The van der Waals surface area contributed by atoms with E-state index in [0.29, 0.717) is 22.0 Å². The molecule has 0 unspecified atom stereocenters. The maximum atomic E-state index is 12.8. The van der Waals surface area contributed by atoms with E-state index in [2.05, 4.69) is 11.5 Å². The Morgan fingerprint density at radius 1 is 1.41 bits per heavy atom. The Morgan fingerprint density at radius 3 is 2.94 bits per heavy atom. The number of allylic oxidation sites excluding steroid dienone is 2. The van der Waals surface area contributed by atoms with Crippen LogP contribution in [0.4, 0.5) is 10.1 Å². The van der Waals surface area contributed by atoms with Crippen molar-refractivity contribution in [3.05, 3.63) is 58.2 Å². The molecule has 4 heteroatoms. The summed E-state index contributed by atoms with van der Waals surface area (Å²) in [6.45, 7) is 0.214. The molecule has 0 spiro atoms. The van der Waals surface area contributed by atoms with E-state index in [0.717, 1.165) is 0 Å². The van der Waals surface area contributed by atoms with E-state index in [-0.39, 0.29) is 6.61 Å². The molecular formula is C13H9ClFNO. The van der Waals surface area contributed by atoms with Crippen LogP contribution in [0, 0.1) is 0 Å². The summed E-state index contributed by atoms with van der Waals surface area (Å²) in [6.07, 6.45) is 2.94. The third kappa shape index (κ3) is 3.02. The number of anilines is 1. The maximum Gasteiger partial charge on any atom is 0.173 e. The molecule has 0 atom stereocenters. The zero-order chi connectivity index (χ0) is 12.3. The zero-order valence-corrected chi connectivity index (χ0v) is 9.59. The quantitative estimate of drug-likeness (QED) is 0.658. The number of hydrogen-bond acceptors (Lipinski definition) is 2. The van der Waals surface area contributed by atoms with Crippen molar-refractivity contribution in [2.24, 2.45) is 0 Å². The molecule has 0 amide bonds. The van der Waals surface area contributed by atoms with Crippen molar-refractivity contribution in [3.8, 4) is 5.75 Å². The van der Waals surface area contributed by atoms with Gasteiger partial charge in [0, 0.05) is 11.3 Å². The van der Waals surface area contributed by atoms with Gasteiger partial charge in [0.05, 0.1) is 5.02 Å². The SMILES string of the molecule is Nc1ccc(OCC2=CC(F)=C=C=C2)c(Cl)c1. The number of rotatable bonds is 3. The van der Waals surface area contributed by atoms with Crippen LogP contribution in [0.3, 0.4) is 0 Å². The standard InChI is InChI=1S/C13H9ClFNO/c14-12-7-11(16)4-5-13(12)17-8-9-2-1-3-10(15)6-9/h2,4-7H,8,16H2. The van der Waals surface area contributed by atoms with E-state index in [1.807, 2.05) is 0 Å². The van der Waals surface area contributed by atoms with Gasteiger partial charge in [-0.2, -0.15) is 4.39 Å². The van der Waals surface area contributed by atoms with E-state index in [1.165, 1.54) is 6.08 Å². The van der Waals surface area contributed by atoms with Gasteiger partial charge in [0.15, 0.2) is 5.83 Å². The highest BCUT2D eigenvalue weighted by Gasteiger charge is 2.04. The van der Waals surface area contributed by atoms with Crippen LogP contribution in [-0.2, 0) is 0 Å². The van der Waals surface area contributed by atoms with Gasteiger partial charge < -0.3 is 10.5 Å². The lowest BCUT2D eigenvalue weighted by atomic mass is 10.2. The van der Waals surface area contributed by atoms with E-state index < -0.39 is 5.83 Å². The Hall–Kier alpha value is -1.92. The monoisotopic (exact) mass is 249 g/mol. The van der Waals surface area contributed by atoms with E-state index in [4.69, 9.17) is 22.1 Å². The molecule has 0 bridgehead atoms. The average molecular weight is 250 g/mol.